The van der Waals surface area contributed by atoms with E-state index in [-0.39, 0.29) is 19.4 Å². The van der Waals surface area contributed by atoms with Gasteiger partial charge in [-0.15, -0.1) is 0 Å². The molecular formula is C6H15N2O6P. The van der Waals surface area contributed by atoms with E-state index in [2.05, 4.69) is 4.52 Å². The van der Waals surface area contributed by atoms with Gasteiger partial charge in [0, 0.05) is 6.54 Å². The number of carbonyl (C=O) groups is 1. The molecule has 0 saturated heterocycles. The van der Waals surface area contributed by atoms with Gasteiger partial charge in [-0.05, 0) is 12.8 Å². The first kappa shape index (κ1) is 14.5. The molecule has 0 spiro atoms. The molecule has 0 radical (unpaired) electrons. The van der Waals surface area contributed by atoms with Crippen LogP contribution in [0.5, 0.6) is 0 Å². The SMILES string of the molecule is NCC(O)CCC(N)C(=O)OP(=O)(O)O. The van der Waals surface area contributed by atoms with Crippen molar-refractivity contribution in [2.75, 3.05) is 6.54 Å². The summed E-state index contributed by atoms with van der Waals surface area (Å²) in [6, 6.07) is -1.18. The second-order valence-electron chi connectivity index (χ2n) is 2.97. The van der Waals surface area contributed by atoms with Gasteiger partial charge in [0.2, 0.25) is 0 Å². The van der Waals surface area contributed by atoms with Gasteiger partial charge in [0.15, 0.2) is 0 Å². The van der Waals surface area contributed by atoms with Gasteiger partial charge in [-0.3, -0.25) is 9.79 Å². The summed E-state index contributed by atoms with van der Waals surface area (Å²) in [6.45, 7) is 0.0280. The molecule has 2 unspecified atom stereocenters. The summed E-state index contributed by atoms with van der Waals surface area (Å²) in [5.41, 5.74) is 10.4. The number of hydrogen-bond donors (Lipinski definition) is 5. The zero-order valence-corrected chi connectivity index (χ0v) is 8.84. The van der Waals surface area contributed by atoms with E-state index in [1.165, 1.54) is 0 Å². The van der Waals surface area contributed by atoms with Crippen LogP contribution in [0.4, 0.5) is 0 Å². The fourth-order valence-electron chi connectivity index (χ4n) is 0.793. The third-order valence-corrected chi connectivity index (χ3v) is 2.01. The third-order valence-electron chi connectivity index (χ3n) is 1.59. The number of phosphoric ester groups is 1. The summed E-state index contributed by atoms with van der Waals surface area (Å²) >= 11 is 0. The Morgan fingerprint density at radius 2 is 1.93 bits per heavy atom. The zero-order valence-electron chi connectivity index (χ0n) is 7.94. The Morgan fingerprint density at radius 3 is 2.33 bits per heavy atom. The second-order valence-corrected chi connectivity index (χ2v) is 4.14. The van der Waals surface area contributed by atoms with Crippen molar-refractivity contribution in [1.82, 2.24) is 0 Å². The van der Waals surface area contributed by atoms with E-state index in [4.69, 9.17) is 26.4 Å². The summed E-state index contributed by atoms with van der Waals surface area (Å²) in [6.07, 6.45) is -0.593. The van der Waals surface area contributed by atoms with Crippen LogP contribution in [0.15, 0.2) is 0 Å². The molecule has 90 valence electrons. The quantitative estimate of drug-likeness (QED) is 0.336. The van der Waals surface area contributed by atoms with Crippen molar-refractivity contribution in [2.24, 2.45) is 11.5 Å². The van der Waals surface area contributed by atoms with Crippen molar-refractivity contribution in [1.29, 1.82) is 0 Å². The minimum absolute atomic E-state index is 0.0280. The molecule has 0 fully saturated rings. The number of nitrogens with two attached hydrogens (primary N) is 2. The van der Waals surface area contributed by atoms with Gasteiger partial charge in [0.05, 0.1) is 6.10 Å². The molecule has 0 aromatic carbocycles. The number of aliphatic hydroxyl groups is 1. The summed E-state index contributed by atoms with van der Waals surface area (Å²) < 4.78 is 14.0. The van der Waals surface area contributed by atoms with Gasteiger partial charge >= 0.3 is 13.8 Å². The summed E-state index contributed by atoms with van der Waals surface area (Å²) in [4.78, 5) is 27.5. The van der Waals surface area contributed by atoms with Gasteiger partial charge < -0.3 is 21.1 Å². The molecule has 7 N–H and O–H groups in total. The Balaban J connectivity index is 3.95. The highest BCUT2D eigenvalue weighted by molar-refractivity contribution is 7.46. The highest BCUT2D eigenvalue weighted by Crippen LogP contribution is 2.36. The maximum Gasteiger partial charge on any atom is 0.527 e. The lowest BCUT2D eigenvalue weighted by molar-refractivity contribution is -0.137. The van der Waals surface area contributed by atoms with Gasteiger partial charge in [-0.25, -0.2) is 9.36 Å². The lowest BCUT2D eigenvalue weighted by Crippen LogP contribution is -2.33. The molecule has 0 rings (SSSR count). The molecule has 0 heterocycles. The standard InChI is InChI=1S/C6H15N2O6P/c7-3-4(9)1-2-5(8)6(10)14-15(11,12)13/h4-5,9H,1-3,7-8H2,(H2,11,12,13). The topological polar surface area (TPSA) is 156 Å². The van der Waals surface area contributed by atoms with Gasteiger partial charge in [0.25, 0.3) is 0 Å². The Hall–Kier alpha value is -0.500. The van der Waals surface area contributed by atoms with Crippen LogP contribution in [0, 0.1) is 0 Å². The normalized spacial score (nSPS) is 15.8. The number of hydrogen-bond acceptors (Lipinski definition) is 6. The number of rotatable bonds is 6. The molecule has 0 bridgehead atoms. The molecule has 9 heteroatoms. The largest absolute Gasteiger partial charge is 0.527 e. The van der Waals surface area contributed by atoms with Gasteiger partial charge in [-0.2, -0.15) is 0 Å². The summed E-state index contributed by atoms with van der Waals surface area (Å²) in [5, 5.41) is 9.03. The third kappa shape index (κ3) is 7.43. The van der Waals surface area contributed by atoms with E-state index in [0.717, 1.165) is 0 Å². The maximum atomic E-state index is 10.9. The minimum Gasteiger partial charge on any atom is -0.392 e. The van der Waals surface area contributed by atoms with Crippen LogP contribution in [0.3, 0.4) is 0 Å². The van der Waals surface area contributed by atoms with E-state index in [1.54, 1.807) is 0 Å². The molecular weight excluding hydrogens is 227 g/mol. The van der Waals surface area contributed by atoms with Gasteiger partial charge in [0.1, 0.15) is 6.04 Å². The summed E-state index contributed by atoms with van der Waals surface area (Å²) in [5.74, 6) is -1.20. The van der Waals surface area contributed by atoms with Crippen molar-refractivity contribution >= 4 is 13.8 Å². The predicted octanol–water partition coefficient (Wildman–Crippen LogP) is -1.95. The molecule has 0 saturated carbocycles. The predicted molar refractivity (Wildman–Crippen MR) is 50.4 cm³/mol. The highest BCUT2D eigenvalue weighted by Gasteiger charge is 2.25. The maximum absolute atomic E-state index is 10.9. The first-order valence-electron chi connectivity index (χ1n) is 4.19. The first-order chi connectivity index (χ1) is 6.76. The minimum atomic E-state index is -4.85. The van der Waals surface area contributed by atoms with Crippen molar-refractivity contribution in [3.8, 4) is 0 Å². The Bertz CT molecular complexity index is 254. The van der Waals surface area contributed by atoms with Crippen LogP contribution in [-0.4, -0.2) is 39.6 Å². The Labute approximate surface area is 86.5 Å². The van der Waals surface area contributed by atoms with E-state index in [0.29, 0.717) is 0 Å². The van der Waals surface area contributed by atoms with Crippen molar-refractivity contribution in [3.05, 3.63) is 0 Å². The van der Waals surface area contributed by atoms with Gasteiger partial charge in [-0.1, -0.05) is 0 Å². The number of aliphatic hydroxyl groups excluding tert-OH is 1. The second kappa shape index (κ2) is 6.16. The zero-order chi connectivity index (χ0) is 12.1. The molecule has 15 heavy (non-hydrogen) atoms. The molecule has 2 atom stereocenters. The van der Waals surface area contributed by atoms with E-state index < -0.39 is 25.9 Å². The molecule has 0 aliphatic heterocycles. The van der Waals surface area contributed by atoms with E-state index in [1.807, 2.05) is 0 Å². The van der Waals surface area contributed by atoms with Crippen molar-refractivity contribution in [2.45, 2.75) is 25.0 Å². The van der Waals surface area contributed by atoms with Crippen molar-refractivity contribution in [3.63, 3.8) is 0 Å². The fraction of sp³-hybridized carbons (Fsp3) is 0.833. The lowest BCUT2D eigenvalue weighted by atomic mass is 10.1. The Kier molecular flexibility index (Phi) is 5.96. The van der Waals surface area contributed by atoms with E-state index in [9.17, 15) is 9.36 Å². The van der Waals surface area contributed by atoms with Crippen LogP contribution in [0.25, 0.3) is 0 Å². The molecule has 0 aliphatic rings. The van der Waals surface area contributed by atoms with Crippen molar-refractivity contribution < 1.29 is 28.8 Å². The average molecular weight is 242 g/mol. The monoisotopic (exact) mass is 242 g/mol. The highest BCUT2D eigenvalue weighted by atomic mass is 31.2. The number of carbonyl (C=O) groups excluding carboxylic acids is 1. The number of phosphoric acid groups is 1. The van der Waals surface area contributed by atoms with Crippen LogP contribution in [0.1, 0.15) is 12.8 Å². The van der Waals surface area contributed by atoms with Crippen LogP contribution >= 0.6 is 7.82 Å². The van der Waals surface area contributed by atoms with Crippen LogP contribution < -0.4 is 11.5 Å². The fourth-order valence-corrected chi connectivity index (χ4v) is 1.16. The van der Waals surface area contributed by atoms with Crippen LogP contribution in [-0.2, 0) is 13.9 Å². The first-order valence-corrected chi connectivity index (χ1v) is 5.72. The van der Waals surface area contributed by atoms with E-state index >= 15 is 0 Å². The average Bonchev–Trinajstić information content (AvgIpc) is 2.10. The lowest BCUT2D eigenvalue weighted by Gasteiger charge is -2.13. The molecule has 0 aromatic rings. The Morgan fingerprint density at radius 1 is 1.40 bits per heavy atom. The molecule has 0 aromatic heterocycles. The molecule has 0 amide bonds. The van der Waals surface area contributed by atoms with Crippen LogP contribution in [0.2, 0.25) is 0 Å². The molecule has 8 nitrogen and oxygen atoms in total. The summed E-state index contributed by atoms with van der Waals surface area (Å²) in [7, 11) is -4.85. The smallest absolute Gasteiger partial charge is 0.392 e. The molecule has 0 aliphatic carbocycles.